The van der Waals surface area contributed by atoms with E-state index in [0.717, 1.165) is 13.0 Å². The first-order valence-electron chi connectivity index (χ1n) is 4.02. The lowest BCUT2D eigenvalue weighted by molar-refractivity contribution is 0.434. The zero-order chi connectivity index (χ0) is 8.27. The van der Waals surface area contributed by atoms with Crippen LogP contribution in [0.5, 0.6) is 0 Å². The Balaban J connectivity index is 2.81. The summed E-state index contributed by atoms with van der Waals surface area (Å²) in [5, 5.41) is 3.35. The Morgan fingerprint density at radius 3 is 2.73 bits per heavy atom. The maximum absolute atomic E-state index is 3.79. The predicted molar refractivity (Wildman–Crippen MR) is 48.1 cm³/mol. The smallest absolute Gasteiger partial charge is 0.104 e. The van der Waals surface area contributed by atoms with Crippen molar-refractivity contribution in [1.29, 1.82) is 0 Å². The molecule has 0 aromatic heterocycles. The second-order valence-electron chi connectivity index (χ2n) is 3.00. The van der Waals surface area contributed by atoms with Crippen molar-refractivity contribution in [3.8, 4) is 0 Å². The summed E-state index contributed by atoms with van der Waals surface area (Å²) < 4.78 is 0. The zero-order valence-corrected chi connectivity index (χ0v) is 7.35. The van der Waals surface area contributed by atoms with Gasteiger partial charge in [0.25, 0.3) is 0 Å². The van der Waals surface area contributed by atoms with Gasteiger partial charge < -0.3 is 10.2 Å². The van der Waals surface area contributed by atoms with Crippen molar-refractivity contribution in [2.45, 2.75) is 12.8 Å². The van der Waals surface area contributed by atoms with Crippen LogP contribution in [0.4, 0.5) is 0 Å². The van der Waals surface area contributed by atoms with Crippen LogP contribution in [0.1, 0.15) is 12.8 Å². The van der Waals surface area contributed by atoms with Crippen molar-refractivity contribution >= 4 is 0 Å². The standard InChI is InChI=1S/C9H16N2/c1-4-8-6-5-7-10-9(8)11(2)3/h4,10H,1,5-7H2,2-3H3. The van der Waals surface area contributed by atoms with E-state index in [0.29, 0.717) is 0 Å². The van der Waals surface area contributed by atoms with Gasteiger partial charge in [-0.25, -0.2) is 0 Å². The first-order chi connectivity index (χ1) is 5.25. The molecule has 0 bridgehead atoms. The summed E-state index contributed by atoms with van der Waals surface area (Å²) in [6.45, 7) is 4.88. The predicted octanol–water partition coefficient (Wildman–Crippen LogP) is 1.33. The molecule has 1 rings (SSSR count). The SMILES string of the molecule is C=CC1=C(N(C)C)NCCC1. The summed E-state index contributed by atoms with van der Waals surface area (Å²) in [4.78, 5) is 2.11. The van der Waals surface area contributed by atoms with Crippen LogP contribution in [0.25, 0.3) is 0 Å². The van der Waals surface area contributed by atoms with E-state index in [9.17, 15) is 0 Å². The van der Waals surface area contributed by atoms with Gasteiger partial charge >= 0.3 is 0 Å². The van der Waals surface area contributed by atoms with Gasteiger partial charge in [0.2, 0.25) is 0 Å². The molecule has 0 aromatic rings. The molecule has 0 aromatic carbocycles. The van der Waals surface area contributed by atoms with E-state index in [1.807, 2.05) is 6.08 Å². The summed E-state index contributed by atoms with van der Waals surface area (Å²) in [6.07, 6.45) is 4.32. The van der Waals surface area contributed by atoms with Crippen LogP contribution in [0.3, 0.4) is 0 Å². The summed E-state index contributed by atoms with van der Waals surface area (Å²) in [6, 6.07) is 0. The summed E-state index contributed by atoms with van der Waals surface area (Å²) in [7, 11) is 4.11. The minimum absolute atomic E-state index is 1.09. The van der Waals surface area contributed by atoms with Gasteiger partial charge in [0.1, 0.15) is 5.82 Å². The van der Waals surface area contributed by atoms with Crippen molar-refractivity contribution in [3.63, 3.8) is 0 Å². The highest BCUT2D eigenvalue weighted by Crippen LogP contribution is 2.15. The van der Waals surface area contributed by atoms with Crippen LogP contribution >= 0.6 is 0 Å². The molecule has 0 unspecified atom stereocenters. The minimum atomic E-state index is 1.09. The Morgan fingerprint density at radius 1 is 1.55 bits per heavy atom. The lowest BCUT2D eigenvalue weighted by Gasteiger charge is -2.25. The largest absolute Gasteiger partial charge is 0.372 e. The Bertz CT molecular complexity index is 180. The van der Waals surface area contributed by atoms with Gasteiger partial charge in [-0.15, -0.1) is 0 Å². The van der Waals surface area contributed by atoms with Gasteiger partial charge in [0.05, 0.1) is 0 Å². The van der Waals surface area contributed by atoms with Crippen LogP contribution in [-0.4, -0.2) is 25.5 Å². The van der Waals surface area contributed by atoms with E-state index in [-0.39, 0.29) is 0 Å². The van der Waals surface area contributed by atoms with Crippen molar-refractivity contribution < 1.29 is 0 Å². The average molecular weight is 152 g/mol. The minimum Gasteiger partial charge on any atom is -0.372 e. The molecule has 1 heterocycles. The van der Waals surface area contributed by atoms with Crippen molar-refractivity contribution in [1.82, 2.24) is 10.2 Å². The first kappa shape index (κ1) is 8.18. The molecule has 0 spiro atoms. The van der Waals surface area contributed by atoms with Gasteiger partial charge in [0, 0.05) is 20.6 Å². The summed E-state index contributed by atoms with van der Waals surface area (Å²) in [5.41, 5.74) is 1.33. The monoisotopic (exact) mass is 152 g/mol. The summed E-state index contributed by atoms with van der Waals surface area (Å²) >= 11 is 0. The highest BCUT2D eigenvalue weighted by atomic mass is 15.2. The molecule has 0 aliphatic carbocycles. The summed E-state index contributed by atoms with van der Waals surface area (Å²) in [5.74, 6) is 1.23. The maximum Gasteiger partial charge on any atom is 0.104 e. The highest BCUT2D eigenvalue weighted by Gasteiger charge is 2.09. The molecule has 1 aliphatic heterocycles. The second-order valence-corrected chi connectivity index (χ2v) is 3.00. The average Bonchev–Trinajstić information content (AvgIpc) is 2.04. The zero-order valence-electron chi connectivity index (χ0n) is 7.35. The van der Waals surface area contributed by atoms with Crippen LogP contribution in [0.15, 0.2) is 24.0 Å². The van der Waals surface area contributed by atoms with Crippen molar-refractivity contribution in [2.24, 2.45) is 0 Å². The number of nitrogens with one attached hydrogen (secondary N) is 1. The van der Waals surface area contributed by atoms with Gasteiger partial charge in [-0.05, 0) is 18.4 Å². The second kappa shape index (κ2) is 3.46. The molecule has 0 radical (unpaired) electrons. The first-order valence-corrected chi connectivity index (χ1v) is 4.02. The maximum atomic E-state index is 3.79. The molecule has 2 heteroatoms. The van der Waals surface area contributed by atoms with E-state index >= 15 is 0 Å². The third-order valence-corrected chi connectivity index (χ3v) is 1.91. The fraction of sp³-hybridized carbons (Fsp3) is 0.556. The van der Waals surface area contributed by atoms with Gasteiger partial charge in [-0.1, -0.05) is 12.7 Å². The van der Waals surface area contributed by atoms with Crippen molar-refractivity contribution in [2.75, 3.05) is 20.6 Å². The molecule has 0 fully saturated rings. The van der Waals surface area contributed by atoms with E-state index in [1.165, 1.54) is 17.8 Å². The van der Waals surface area contributed by atoms with Crippen LogP contribution in [-0.2, 0) is 0 Å². The number of hydrogen-bond donors (Lipinski definition) is 1. The molecule has 0 amide bonds. The van der Waals surface area contributed by atoms with Crippen LogP contribution in [0, 0.1) is 0 Å². The molecule has 2 nitrogen and oxygen atoms in total. The van der Waals surface area contributed by atoms with Crippen molar-refractivity contribution in [3.05, 3.63) is 24.0 Å². The molecule has 0 saturated carbocycles. The van der Waals surface area contributed by atoms with Gasteiger partial charge in [-0.3, -0.25) is 0 Å². The molecular formula is C9H16N2. The lowest BCUT2D eigenvalue weighted by Crippen LogP contribution is -2.30. The van der Waals surface area contributed by atoms with E-state index in [2.05, 4.69) is 30.9 Å². The number of allylic oxidation sites excluding steroid dienone is 2. The van der Waals surface area contributed by atoms with Gasteiger partial charge in [0.15, 0.2) is 0 Å². The number of nitrogens with zero attached hydrogens (tertiary/aromatic N) is 1. The van der Waals surface area contributed by atoms with Crippen LogP contribution in [0.2, 0.25) is 0 Å². The molecule has 11 heavy (non-hydrogen) atoms. The van der Waals surface area contributed by atoms with E-state index in [1.54, 1.807) is 0 Å². The molecular weight excluding hydrogens is 136 g/mol. The highest BCUT2D eigenvalue weighted by molar-refractivity contribution is 5.23. The lowest BCUT2D eigenvalue weighted by atomic mass is 10.1. The third kappa shape index (κ3) is 1.76. The normalized spacial score (nSPS) is 17.6. The fourth-order valence-electron chi connectivity index (χ4n) is 1.36. The number of hydrogen-bond acceptors (Lipinski definition) is 2. The third-order valence-electron chi connectivity index (χ3n) is 1.91. The molecule has 62 valence electrons. The molecule has 0 atom stereocenters. The quantitative estimate of drug-likeness (QED) is 0.642. The molecule has 0 saturated heterocycles. The van der Waals surface area contributed by atoms with Crippen LogP contribution < -0.4 is 5.32 Å². The van der Waals surface area contributed by atoms with E-state index in [4.69, 9.17) is 0 Å². The fourth-order valence-corrected chi connectivity index (χ4v) is 1.36. The Labute approximate surface area is 68.6 Å². The number of rotatable bonds is 2. The van der Waals surface area contributed by atoms with Gasteiger partial charge in [-0.2, -0.15) is 0 Å². The Kier molecular flexibility index (Phi) is 2.58. The molecule has 1 N–H and O–H groups in total. The Hall–Kier alpha value is -0.920. The topological polar surface area (TPSA) is 15.3 Å². The van der Waals surface area contributed by atoms with E-state index < -0.39 is 0 Å². The molecule has 1 aliphatic rings. The Morgan fingerprint density at radius 2 is 2.27 bits per heavy atom.